The van der Waals surface area contributed by atoms with Gasteiger partial charge in [0.05, 0.1) is 47.3 Å². The predicted molar refractivity (Wildman–Crippen MR) is 176 cm³/mol. The van der Waals surface area contributed by atoms with Crippen molar-refractivity contribution in [1.82, 2.24) is 24.5 Å². The number of fused-ring (bicyclic) bond motifs is 3. The normalized spacial score (nSPS) is 19.5. The quantitative estimate of drug-likeness (QED) is 0.223. The molecule has 0 aliphatic carbocycles. The van der Waals surface area contributed by atoms with Crippen LogP contribution in [0.2, 0.25) is 0 Å². The number of nitrogens with zero attached hydrogens (tertiary/aromatic N) is 4. The zero-order valence-corrected chi connectivity index (χ0v) is 27.9. The van der Waals surface area contributed by atoms with E-state index in [0.717, 1.165) is 36.3 Å². The number of aromatic nitrogens is 2. The highest BCUT2D eigenvalue weighted by atomic mass is 32.1. The minimum Gasteiger partial charge on any atom is -0.496 e. The zero-order chi connectivity index (χ0) is 33.5. The maximum absolute atomic E-state index is 15.6. The van der Waals surface area contributed by atoms with E-state index >= 15 is 4.39 Å². The molecule has 0 bridgehead atoms. The second kappa shape index (κ2) is 13.4. The second-order valence-corrected chi connectivity index (χ2v) is 14.3. The van der Waals surface area contributed by atoms with E-state index in [2.05, 4.69) is 10.2 Å². The van der Waals surface area contributed by atoms with Crippen molar-refractivity contribution in [2.24, 2.45) is 0 Å². The Balaban J connectivity index is 1.17. The van der Waals surface area contributed by atoms with Crippen LogP contribution in [0, 0.1) is 5.82 Å². The van der Waals surface area contributed by atoms with Crippen LogP contribution >= 0.6 is 11.3 Å². The number of amides is 2. The number of rotatable bonds is 8. The number of alkyl halides is 1. The van der Waals surface area contributed by atoms with Crippen LogP contribution in [-0.4, -0.2) is 94.0 Å². The molecule has 13 heteroatoms. The van der Waals surface area contributed by atoms with E-state index < -0.39 is 35.8 Å². The van der Waals surface area contributed by atoms with E-state index in [9.17, 15) is 19.1 Å². The van der Waals surface area contributed by atoms with Gasteiger partial charge in [-0.15, -0.1) is 0 Å². The van der Waals surface area contributed by atoms with Crippen molar-refractivity contribution >= 4 is 38.5 Å². The van der Waals surface area contributed by atoms with Crippen LogP contribution in [0.15, 0.2) is 36.5 Å². The van der Waals surface area contributed by atoms with Crippen LogP contribution in [0.25, 0.3) is 26.4 Å². The van der Waals surface area contributed by atoms with Gasteiger partial charge in [-0.1, -0.05) is 17.4 Å². The molecule has 0 spiro atoms. The van der Waals surface area contributed by atoms with Crippen molar-refractivity contribution in [1.29, 1.82) is 0 Å². The molecule has 2 aliphatic rings. The molecule has 2 aliphatic heterocycles. The predicted octanol–water partition coefficient (Wildman–Crippen LogP) is 5.96. The number of halogens is 2. The topological polar surface area (TPSA) is 109 Å². The molecule has 2 fully saturated rings. The standard InChI is InChI=1S/C34H41F2N5O5S/c1-34(2,3)46-33(44)41-18-22(42)15-27(41)20-6-7-23(25(36)14-20)26-19-40-28-17-29(45-4)24(16-30(28)47-32(40)38-26)31(43)37-10-5-11-39-12-8-21(35)9-13-39/h6-7,14,16-17,19,21-22,27,42H,5,8-13,15,18H2,1-4H3,(H,37,43)/t22-,27+/m0/s1. The van der Waals surface area contributed by atoms with E-state index in [1.807, 2.05) is 4.40 Å². The molecule has 47 heavy (non-hydrogen) atoms. The third-order valence-corrected chi connectivity index (χ3v) is 9.69. The molecule has 2 aromatic heterocycles. The lowest BCUT2D eigenvalue weighted by Crippen LogP contribution is -2.37. The molecule has 4 heterocycles. The van der Waals surface area contributed by atoms with Crippen LogP contribution in [0.3, 0.4) is 0 Å². The Morgan fingerprint density at radius 3 is 2.64 bits per heavy atom. The van der Waals surface area contributed by atoms with Crippen LogP contribution in [0.4, 0.5) is 13.6 Å². The maximum atomic E-state index is 15.6. The molecule has 0 unspecified atom stereocenters. The molecule has 2 atom stereocenters. The zero-order valence-electron chi connectivity index (χ0n) is 27.1. The van der Waals surface area contributed by atoms with Crippen LogP contribution < -0.4 is 10.1 Å². The van der Waals surface area contributed by atoms with Gasteiger partial charge in [0.15, 0.2) is 4.96 Å². The summed E-state index contributed by atoms with van der Waals surface area (Å²) in [6, 6.07) is 7.85. The van der Waals surface area contributed by atoms with Gasteiger partial charge in [0, 0.05) is 37.5 Å². The number of ether oxygens (including phenoxy) is 2. The van der Waals surface area contributed by atoms with Gasteiger partial charge in [-0.25, -0.2) is 18.6 Å². The number of carbonyl (C=O) groups excluding carboxylic acids is 2. The van der Waals surface area contributed by atoms with Gasteiger partial charge >= 0.3 is 6.09 Å². The first-order valence-electron chi connectivity index (χ1n) is 16.0. The van der Waals surface area contributed by atoms with Crippen molar-refractivity contribution in [3.63, 3.8) is 0 Å². The molecule has 2 N–H and O–H groups in total. The Bertz CT molecular complexity index is 1780. The monoisotopic (exact) mass is 669 g/mol. The minimum atomic E-state index is -0.732. The SMILES string of the molecule is COc1cc2c(cc1C(=O)NCCCN1CCC(F)CC1)sc1nc(-c3ccc([C@H]4C[C@H](O)CN4C(=O)OC(C)(C)C)cc3F)cn12. The number of hydrogen-bond acceptors (Lipinski definition) is 8. The first-order chi connectivity index (χ1) is 22.4. The van der Waals surface area contributed by atoms with Gasteiger partial charge in [0.25, 0.3) is 5.91 Å². The first-order valence-corrected chi connectivity index (χ1v) is 16.8. The fraction of sp³-hybridized carbons (Fsp3) is 0.500. The van der Waals surface area contributed by atoms with E-state index in [4.69, 9.17) is 14.5 Å². The Kier molecular flexibility index (Phi) is 9.41. The van der Waals surface area contributed by atoms with Gasteiger partial charge < -0.3 is 24.8 Å². The maximum Gasteiger partial charge on any atom is 0.410 e. The third-order valence-electron chi connectivity index (χ3n) is 8.67. The summed E-state index contributed by atoms with van der Waals surface area (Å²) >= 11 is 1.38. The number of aliphatic hydroxyl groups excluding tert-OH is 1. The number of hydrogen-bond donors (Lipinski definition) is 2. The second-order valence-electron chi connectivity index (χ2n) is 13.3. The van der Waals surface area contributed by atoms with E-state index in [1.165, 1.54) is 29.4 Å². The Labute approximate surface area is 276 Å². The Hall–Kier alpha value is -3.81. The van der Waals surface area contributed by atoms with Gasteiger partial charge in [0.1, 0.15) is 23.3 Å². The highest BCUT2D eigenvalue weighted by molar-refractivity contribution is 7.23. The largest absolute Gasteiger partial charge is 0.496 e. The highest BCUT2D eigenvalue weighted by Gasteiger charge is 2.38. The summed E-state index contributed by atoms with van der Waals surface area (Å²) in [4.78, 5) is 34.9. The number of thiazole rings is 1. The summed E-state index contributed by atoms with van der Waals surface area (Å²) < 4.78 is 42.8. The number of aliphatic hydroxyl groups is 1. The summed E-state index contributed by atoms with van der Waals surface area (Å²) in [5.74, 6) is -0.314. The van der Waals surface area contributed by atoms with Crippen molar-refractivity contribution < 1.29 is 33.0 Å². The number of nitrogens with one attached hydrogen (secondary N) is 1. The molecule has 2 saturated heterocycles. The van der Waals surface area contributed by atoms with Gasteiger partial charge in [-0.2, -0.15) is 0 Å². The number of β-amino-alcohol motifs (C(OH)–C–C–N with tert-alkyl or cyclic N) is 1. The minimum absolute atomic E-state index is 0.113. The number of methoxy groups -OCH3 is 1. The van der Waals surface area contributed by atoms with E-state index in [-0.39, 0.29) is 18.9 Å². The lowest BCUT2D eigenvalue weighted by Gasteiger charge is -2.28. The fourth-order valence-electron chi connectivity index (χ4n) is 6.32. The van der Waals surface area contributed by atoms with Crippen molar-refractivity contribution in [3.05, 3.63) is 53.5 Å². The van der Waals surface area contributed by atoms with Crippen molar-refractivity contribution in [2.75, 3.05) is 39.8 Å². The van der Waals surface area contributed by atoms with Gasteiger partial charge in [-0.05, 0) is 76.8 Å². The number of benzene rings is 2. The molecule has 252 valence electrons. The molecular weight excluding hydrogens is 628 g/mol. The molecule has 6 rings (SSSR count). The van der Waals surface area contributed by atoms with Gasteiger partial charge in [-0.3, -0.25) is 14.1 Å². The average Bonchev–Trinajstić information content (AvgIpc) is 3.71. The molecule has 2 amide bonds. The van der Waals surface area contributed by atoms with Crippen LogP contribution in [-0.2, 0) is 4.74 Å². The summed E-state index contributed by atoms with van der Waals surface area (Å²) in [5, 5.41) is 13.3. The fourth-order valence-corrected chi connectivity index (χ4v) is 7.35. The number of piperidine rings is 1. The summed E-state index contributed by atoms with van der Waals surface area (Å²) in [7, 11) is 1.51. The van der Waals surface area contributed by atoms with Crippen molar-refractivity contribution in [3.8, 4) is 17.0 Å². The molecule has 0 radical (unpaired) electrons. The molecule has 4 aromatic rings. The molecule has 10 nitrogen and oxygen atoms in total. The highest BCUT2D eigenvalue weighted by Crippen LogP contribution is 2.37. The van der Waals surface area contributed by atoms with Gasteiger partial charge in [0.2, 0.25) is 0 Å². The molecule has 2 aromatic carbocycles. The summed E-state index contributed by atoms with van der Waals surface area (Å²) in [6.45, 7) is 8.24. The number of carbonyl (C=O) groups is 2. The van der Waals surface area contributed by atoms with E-state index in [1.54, 1.807) is 51.2 Å². The van der Waals surface area contributed by atoms with Crippen molar-refractivity contribution in [2.45, 2.75) is 70.4 Å². The van der Waals surface area contributed by atoms with Crippen LogP contribution in [0.1, 0.15) is 68.4 Å². The number of likely N-dealkylation sites (tertiary alicyclic amines) is 2. The first kappa shape index (κ1) is 33.1. The van der Waals surface area contributed by atoms with Crippen LogP contribution in [0.5, 0.6) is 5.75 Å². The Morgan fingerprint density at radius 1 is 1.17 bits per heavy atom. The summed E-state index contributed by atoms with van der Waals surface area (Å²) in [5.41, 5.74) is 1.81. The average molecular weight is 670 g/mol. The lowest BCUT2D eigenvalue weighted by molar-refractivity contribution is 0.0206. The van der Waals surface area contributed by atoms with E-state index in [0.29, 0.717) is 52.5 Å². The molecular formula is C34H41F2N5O5S. The summed E-state index contributed by atoms with van der Waals surface area (Å²) in [6.07, 6.45) is 1.96. The number of imidazole rings is 1. The lowest BCUT2D eigenvalue weighted by atomic mass is 10.0. The third kappa shape index (κ3) is 7.21. The smallest absolute Gasteiger partial charge is 0.410 e. The Morgan fingerprint density at radius 2 is 1.94 bits per heavy atom. The molecule has 0 saturated carbocycles.